The highest BCUT2D eigenvalue weighted by Gasteiger charge is 2.11. The van der Waals surface area contributed by atoms with Gasteiger partial charge < -0.3 is 29.6 Å². The number of carbonyl (C=O) groups is 3. The van der Waals surface area contributed by atoms with Crippen LogP contribution in [0.4, 0.5) is 10.5 Å². The van der Waals surface area contributed by atoms with Gasteiger partial charge in [0.15, 0.2) is 6.61 Å². The quantitative estimate of drug-likeness (QED) is 0.298. The van der Waals surface area contributed by atoms with Gasteiger partial charge in [0, 0.05) is 17.8 Å². The number of hydrogen-bond donors (Lipinski definition) is 2. The van der Waals surface area contributed by atoms with Crippen LogP contribution in [0.5, 0.6) is 17.2 Å². The third kappa shape index (κ3) is 8.05. The molecule has 0 aliphatic heterocycles. The number of amides is 2. The van der Waals surface area contributed by atoms with Gasteiger partial charge in [0.2, 0.25) is 0 Å². The first kappa shape index (κ1) is 26.1. The van der Waals surface area contributed by atoms with E-state index in [0.717, 1.165) is 11.3 Å². The van der Waals surface area contributed by atoms with Crippen LogP contribution in [0.15, 0.2) is 72.8 Å². The van der Waals surface area contributed by atoms with Crippen molar-refractivity contribution >= 4 is 23.7 Å². The summed E-state index contributed by atoms with van der Waals surface area (Å²) in [6, 6.07) is 20.3. The minimum absolute atomic E-state index is 0.172. The molecule has 3 rings (SSSR count). The Morgan fingerprint density at radius 1 is 0.750 bits per heavy atom. The van der Waals surface area contributed by atoms with E-state index in [4.69, 9.17) is 18.9 Å². The summed E-state index contributed by atoms with van der Waals surface area (Å²) in [4.78, 5) is 36.4. The topological polar surface area (TPSA) is 112 Å². The van der Waals surface area contributed by atoms with Crippen LogP contribution in [0.25, 0.3) is 0 Å². The van der Waals surface area contributed by atoms with Crippen LogP contribution in [0.3, 0.4) is 0 Å². The largest absolute Gasteiger partial charge is 0.513 e. The van der Waals surface area contributed by atoms with Crippen molar-refractivity contribution in [1.82, 2.24) is 5.32 Å². The fourth-order valence-electron chi connectivity index (χ4n) is 3.13. The van der Waals surface area contributed by atoms with Gasteiger partial charge in [0.1, 0.15) is 17.2 Å². The number of anilines is 1. The SMILES string of the molecule is CCOC(=O)Oc1ccc(C(=O)NCc2ccccc2NC(=O)COc2ccc(OCC)cc2)cc1. The lowest BCUT2D eigenvalue weighted by Gasteiger charge is -2.13. The first-order chi connectivity index (χ1) is 17.5. The first-order valence-corrected chi connectivity index (χ1v) is 11.4. The average molecular weight is 493 g/mol. The molecule has 0 saturated heterocycles. The maximum absolute atomic E-state index is 12.6. The maximum atomic E-state index is 12.6. The van der Waals surface area contributed by atoms with Gasteiger partial charge in [-0.1, -0.05) is 18.2 Å². The number of ether oxygens (including phenoxy) is 4. The Balaban J connectivity index is 1.51. The van der Waals surface area contributed by atoms with Crippen molar-refractivity contribution in [2.24, 2.45) is 0 Å². The summed E-state index contributed by atoms with van der Waals surface area (Å²) in [6.45, 7) is 4.37. The molecule has 0 fully saturated rings. The number of carbonyl (C=O) groups excluding carboxylic acids is 3. The monoisotopic (exact) mass is 492 g/mol. The second kappa shape index (κ2) is 13.4. The molecule has 0 aliphatic rings. The van der Waals surface area contributed by atoms with E-state index >= 15 is 0 Å². The standard InChI is InChI=1S/C27H28N2O7/c1-3-33-21-13-15-22(16-14-21)35-18-25(30)29-24-8-6-5-7-20(24)17-28-26(31)19-9-11-23(12-10-19)36-27(32)34-4-2/h5-16H,3-4,17-18H2,1-2H3,(H,28,31)(H,29,30). The molecule has 0 radical (unpaired) electrons. The van der Waals surface area contributed by atoms with Crippen LogP contribution in [0.2, 0.25) is 0 Å². The minimum Gasteiger partial charge on any atom is -0.494 e. The maximum Gasteiger partial charge on any atom is 0.513 e. The summed E-state index contributed by atoms with van der Waals surface area (Å²) in [5.74, 6) is 0.891. The molecule has 0 unspecified atom stereocenters. The average Bonchev–Trinajstić information content (AvgIpc) is 2.88. The summed E-state index contributed by atoms with van der Waals surface area (Å²) >= 11 is 0. The van der Waals surface area contributed by atoms with E-state index in [0.29, 0.717) is 23.6 Å². The van der Waals surface area contributed by atoms with Gasteiger partial charge >= 0.3 is 6.16 Å². The van der Waals surface area contributed by atoms with E-state index in [9.17, 15) is 14.4 Å². The molecular weight excluding hydrogens is 464 g/mol. The van der Waals surface area contributed by atoms with E-state index in [1.807, 2.05) is 13.0 Å². The Kier molecular flexibility index (Phi) is 9.69. The van der Waals surface area contributed by atoms with Crippen molar-refractivity contribution in [3.8, 4) is 17.2 Å². The summed E-state index contributed by atoms with van der Waals surface area (Å²) in [5, 5.41) is 5.63. The van der Waals surface area contributed by atoms with Gasteiger partial charge in [-0.15, -0.1) is 0 Å². The van der Waals surface area contributed by atoms with Gasteiger partial charge in [-0.25, -0.2) is 4.79 Å². The highest BCUT2D eigenvalue weighted by molar-refractivity contribution is 5.95. The number of hydrogen-bond acceptors (Lipinski definition) is 7. The molecule has 2 N–H and O–H groups in total. The van der Waals surface area contributed by atoms with Crippen LogP contribution in [0.1, 0.15) is 29.8 Å². The van der Waals surface area contributed by atoms with Crippen LogP contribution in [-0.4, -0.2) is 37.8 Å². The molecule has 3 aromatic carbocycles. The van der Waals surface area contributed by atoms with E-state index in [-0.39, 0.29) is 37.3 Å². The fourth-order valence-corrected chi connectivity index (χ4v) is 3.13. The van der Waals surface area contributed by atoms with Gasteiger partial charge in [-0.05, 0) is 74.0 Å². The number of nitrogens with one attached hydrogen (secondary N) is 2. The molecule has 0 atom stereocenters. The van der Waals surface area contributed by atoms with Crippen molar-refractivity contribution in [1.29, 1.82) is 0 Å². The van der Waals surface area contributed by atoms with Crippen LogP contribution in [-0.2, 0) is 16.1 Å². The third-order valence-corrected chi connectivity index (χ3v) is 4.82. The molecule has 0 heterocycles. The molecule has 36 heavy (non-hydrogen) atoms. The molecule has 0 bridgehead atoms. The lowest BCUT2D eigenvalue weighted by Crippen LogP contribution is -2.25. The molecule has 9 heteroatoms. The van der Waals surface area contributed by atoms with Crippen LogP contribution >= 0.6 is 0 Å². The first-order valence-electron chi connectivity index (χ1n) is 11.4. The van der Waals surface area contributed by atoms with Crippen molar-refractivity contribution in [2.45, 2.75) is 20.4 Å². The second-order valence-electron chi connectivity index (χ2n) is 7.39. The fraction of sp³-hybridized carbons (Fsp3) is 0.222. The molecule has 9 nitrogen and oxygen atoms in total. The Morgan fingerprint density at radius 3 is 2.06 bits per heavy atom. The van der Waals surface area contributed by atoms with Gasteiger partial charge in [0.25, 0.3) is 11.8 Å². The summed E-state index contributed by atoms with van der Waals surface area (Å²) in [5.41, 5.74) is 1.68. The molecule has 3 aromatic rings. The molecule has 0 aromatic heterocycles. The lowest BCUT2D eigenvalue weighted by atomic mass is 10.1. The molecular formula is C27H28N2O7. The van der Waals surface area contributed by atoms with Crippen molar-refractivity contribution in [3.05, 3.63) is 83.9 Å². The summed E-state index contributed by atoms with van der Waals surface area (Å²) < 4.78 is 20.6. The van der Waals surface area contributed by atoms with Gasteiger partial charge in [-0.3, -0.25) is 9.59 Å². The zero-order valence-corrected chi connectivity index (χ0v) is 20.1. The zero-order chi connectivity index (χ0) is 25.8. The number of benzene rings is 3. The minimum atomic E-state index is -0.807. The molecule has 188 valence electrons. The Bertz CT molecular complexity index is 1160. The smallest absolute Gasteiger partial charge is 0.494 e. The Hall–Kier alpha value is -4.53. The zero-order valence-electron chi connectivity index (χ0n) is 20.1. The van der Waals surface area contributed by atoms with Crippen molar-refractivity contribution < 1.29 is 33.3 Å². The van der Waals surface area contributed by atoms with E-state index in [1.165, 1.54) is 24.3 Å². The summed E-state index contributed by atoms with van der Waals surface area (Å²) in [7, 11) is 0. The van der Waals surface area contributed by atoms with Crippen molar-refractivity contribution in [3.63, 3.8) is 0 Å². The molecule has 0 aliphatic carbocycles. The van der Waals surface area contributed by atoms with E-state index < -0.39 is 6.16 Å². The molecule has 2 amide bonds. The number of rotatable bonds is 11. The highest BCUT2D eigenvalue weighted by Crippen LogP contribution is 2.19. The predicted octanol–water partition coefficient (Wildman–Crippen LogP) is 4.57. The second-order valence-corrected chi connectivity index (χ2v) is 7.39. The normalized spacial score (nSPS) is 10.2. The van der Waals surface area contributed by atoms with Crippen LogP contribution < -0.4 is 24.8 Å². The van der Waals surface area contributed by atoms with E-state index in [1.54, 1.807) is 49.4 Å². The third-order valence-electron chi connectivity index (χ3n) is 4.82. The lowest BCUT2D eigenvalue weighted by molar-refractivity contribution is -0.118. The van der Waals surface area contributed by atoms with Gasteiger partial charge in [0.05, 0.1) is 13.2 Å². The Labute approximate surface area is 209 Å². The number of para-hydroxylation sites is 1. The van der Waals surface area contributed by atoms with Gasteiger partial charge in [-0.2, -0.15) is 0 Å². The predicted molar refractivity (Wildman–Crippen MR) is 133 cm³/mol. The van der Waals surface area contributed by atoms with Crippen LogP contribution in [0, 0.1) is 0 Å². The van der Waals surface area contributed by atoms with E-state index in [2.05, 4.69) is 10.6 Å². The molecule has 0 saturated carbocycles. The summed E-state index contributed by atoms with van der Waals surface area (Å²) in [6.07, 6.45) is -0.807. The van der Waals surface area contributed by atoms with Crippen molar-refractivity contribution in [2.75, 3.05) is 25.1 Å². The highest BCUT2D eigenvalue weighted by atomic mass is 16.7. The Morgan fingerprint density at radius 2 is 1.39 bits per heavy atom. The molecule has 0 spiro atoms.